The van der Waals surface area contributed by atoms with Gasteiger partial charge in [-0.1, -0.05) is 60.1 Å². The molecule has 1 aliphatic carbocycles. The number of hydrogen-bond acceptors (Lipinski definition) is 6. The van der Waals surface area contributed by atoms with Gasteiger partial charge in [0.05, 0.1) is 10.7 Å². The van der Waals surface area contributed by atoms with Gasteiger partial charge in [0.25, 0.3) is 10.0 Å². The highest BCUT2D eigenvalue weighted by molar-refractivity contribution is 7.92. The van der Waals surface area contributed by atoms with E-state index in [-0.39, 0.29) is 15.8 Å². The first-order valence-electron chi connectivity index (χ1n) is 13.4. The minimum absolute atomic E-state index is 0.0981. The highest BCUT2D eigenvalue weighted by atomic mass is 35.5. The molecule has 0 bridgehead atoms. The predicted molar refractivity (Wildman–Crippen MR) is 163 cm³/mol. The third-order valence-corrected chi connectivity index (χ3v) is 9.20. The van der Waals surface area contributed by atoms with Crippen molar-refractivity contribution in [3.8, 4) is 11.3 Å². The summed E-state index contributed by atoms with van der Waals surface area (Å²) in [6.07, 6.45) is 4.87. The maximum Gasteiger partial charge on any atom is 0.263 e. The van der Waals surface area contributed by atoms with Gasteiger partial charge in [0.15, 0.2) is 0 Å². The van der Waals surface area contributed by atoms with Crippen LogP contribution in [0, 0.1) is 6.92 Å². The summed E-state index contributed by atoms with van der Waals surface area (Å²) in [6.45, 7) is 3.63. The zero-order valence-corrected chi connectivity index (χ0v) is 24.6. The lowest BCUT2D eigenvalue weighted by atomic mass is 9.78. The molecular formula is C31H34ClN5O2S. The van der Waals surface area contributed by atoms with E-state index in [2.05, 4.69) is 52.2 Å². The van der Waals surface area contributed by atoms with Crippen LogP contribution in [0.5, 0.6) is 0 Å². The maximum atomic E-state index is 13.1. The summed E-state index contributed by atoms with van der Waals surface area (Å²) >= 11 is 6.22. The second-order valence-corrected chi connectivity index (χ2v) is 12.5. The number of nitrogens with zero attached hydrogens (tertiary/aromatic N) is 3. The second-order valence-electron chi connectivity index (χ2n) is 10.5. The fourth-order valence-corrected chi connectivity index (χ4v) is 7.11. The van der Waals surface area contributed by atoms with Crippen molar-refractivity contribution < 1.29 is 8.42 Å². The quantitative estimate of drug-likeness (QED) is 0.214. The standard InChI is InChI=1S/C31H34ClN5O2S/c1-21-9-8-12-28(32)30(21)40(38,39)36-24-15-13-22(14-16-24)27-19-23-20-34-31(33-17-6-7-18-37(2)3)35-29(23)26-11-5-4-10-25(26)27/h4-5,8-16,20,27,36H,6-7,17-19H2,1-3H3,(H,33,34,35). The van der Waals surface area contributed by atoms with Gasteiger partial charge in [0.2, 0.25) is 5.95 Å². The molecule has 1 aliphatic rings. The van der Waals surface area contributed by atoms with Crippen molar-refractivity contribution in [2.24, 2.45) is 0 Å². The van der Waals surface area contributed by atoms with Gasteiger partial charge in [-0.15, -0.1) is 0 Å². The zero-order chi connectivity index (χ0) is 28.3. The van der Waals surface area contributed by atoms with Crippen LogP contribution in [-0.4, -0.2) is 50.5 Å². The summed E-state index contributed by atoms with van der Waals surface area (Å²) in [5.41, 5.74) is 6.55. The first kappa shape index (κ1) is 28.1. The molecule has 1 atom stereocenters. The summed E-state index contributed by atoms with van der Waals surface area (Å²) in [5.74, 6) is 0.760. The summed E-state index contributed by atoms with van der Waals surface area (Å²) in [4.78, 5) is 11.8. The molecule has 208 valence electrons. The van der Waals surface area contributed by atoms with Crippen LogP contribution in [-0.2, 0) is 16.4 Å². The SMILES string of the molecule is Cc1cccc(Cl)c1S(=O)(=O)Nc1ccc(C2Cc3cnc(NCCCCN(C)C)nc3-c3ccccc32)cc1. The molecule has 0 radical (unpaired) electrons. The average molecular weight is 576 g/mol. The van der Waals surface area contributed by atoms with Crippen LogP contribution >= 0.6 is 11.6 Å². The zero-order valence-electron chi connectivity index (χ0n) is 23.0. The van der Waals surface area contributed by atoms with E-state index in [1.165, 1.54) is 5.56 Å². The largest absolute Gasteiger partial charge is 0.354 e. The van der Waals surface area contributed by atoms with E-state index in [1.54, 1.807) is 37.3 Å². The van der Waals surface area contributed by atoms with Gasteiger partial charge >= 0.3 is 0 Å². The Morgan fingerprint density at radius 3 is 2.52 bits per heavy atom. The van der Waals surface area contributed by atoms with Gasteiger partial charge in [-0.05, 0) is 87.3 Å². The topological polar surface area (TPSA) is 87.2 Å². The molecule has 0 spiro atoms. The number of nitrogens with one attached hydrogen (secondary N) is 2. The third kappa shape index (κ3) is 6.14. The van der Waals surface area contributed by atoms with Crippen LogP contribution in [0.4, 0.5) is 11.6 Å². The molecule has 0 fully saturated rings. The Balaban J connectivity index is 1.34. The van der Waals surface area contributed by atoms with Crippen molar-refractivity contribution in [1.29, 1.82) is 0 Å². The first-order valence-corrected chi connectivity index (χ1v) is 15.3. The molecule has 5 rings (SSSR count). The predicted octanol–water partition coefficient (Wildman–Crippen LogP) is 6.35. The molecular weight excluding hydrogens is 542 g/mol. The monoisotopic (exact) mass is 575 g/mol. The van der Waals surface area contributed by atoms with Crippen molar-refractivity contribution in [1.82, 2.24) is 14.9 Å². The van der Waals surface area contributed by atoms with E-state index in [4.69, 9.17) is 16.6 Å². The molecule has 2 N–H and O–H groups in total. The average Bonchev–Trinajstić information content (AvgIpc) is 2.92. The Hall–Kier alpha value is -3.46. The number of benzene rings is 3. The molecule has 4 aromatic rings. The minimum Gasteiger partial charge on any atom is -0.354 e. The Morgan fingerprint density at radius 2 is 1.77 bits per heavy atom. The van der Waals surface area contributed by atoms with Crippen LogP contribution in [0.2, 0.25) is 5.02 Å². The van der Waals surface area contributed by atoms with Crippen LogP contribution in [0.1, 0.15) is 41.0 Å². The number of aryl methyl sites for hydroxylation is 1. The van der Waals surface area contributed by atoms with Crippen LogP contribution in [0.3, 0.4) is 0 Å². The molecule has 0 aliphatic heterocycles. The van der Waals surface area contributed by atoms with E-state index in [9.17, 15) is 8.42 Å². The van der Waals surface area contributed by atoms with Crippen molar-refractivity contribution in [3.05, 3.63) is 100 Å². The van der Waals surface area contributed by atoms with Crippen LogP contribution in [0.25, 0.3) is 11.3 Å². The number of fused-ring (bicyclic) bond motifs is 3. The van der Waals surface area contributed by atoms with E-state index in [1.807, 2.05) is 24.4 Å². The van der Waals surface area contributed by atoms with E-state index >= 15 is 0 Å². The molecule has 3 aromatic carbocycles. The fraction of sp³-hybridized carbons (Fsp3) is 0.290. The molecule has 7 nitrogen and oxygen atoms in total. The van der Waals surface area contributed by atoms with Gasteiger partial charge in [0.1, 0.15) is 4.90 Å². The first-order chi connectivity index (χ1) is 19.2. The lowest BCUT2D eigenvalue weighted by Crippen LogP contribution is -2.17. The Labute approximate surface area is 241 Å². The third-order valence-electron chi connectivity index (χ3n) is 7.19. The van der Waals surface area contributed by atoms with Gasteiger partial charge in [-0.2, -0.15) is 0 Å². The van der Waals surface area contributed by atoms with Crippen molar-refractivity contribution in [2.75, 3.05) is 37.2 Å². The summed E-state index contributed by atoms with van der Waals surface area (Å²) in [6, 6.07) is 21.0. The highest BCUT2D eigenvalue weighted by Crippen LogP contribution is 2.42. The lowest BCUT2D eigenvalue weighted by molar-refractivity contribution is 0.396. The second kappa shape index (κ2) is 12.0. The molecule has 9 heteroatoms. The number of rotatable bonds is 10. The maximum absolute atomic E-state index is 13.1. The number of aromatic nitrogens is 2. The summed E-state index contributed by atoms with van der Waals surface area (Å²) in [7, 11) is 0.348. The number of halogens is 1. The number of anilines is 2. The molecule has 40 heavy (non-hydrogen) atoms. The number of hydrogen-bond donors (Lipinski definition) is 2. The van der Waals surface area contributed by atoms with Crippen LogP contribution < -0.4 is 10.0 Å². The molecule has 0 saturated heterocycles. The van der Waals surface area contributed by atoms with Crippen molar-refractivity contribution >= 4 is 33.3 Å². The number of unbranched alkanes of at least 4 members (excludes halogenated alkanes) is 1. The van der Waals surface area contributed by atoms with E-state index in [0.29, 0.717) is 17.2 Å². The van der Waals surface area contributed by atoms with Crippen molar-refractivity contribution in [3.63, 3.8) is 0 Å². The van der Waals surface area contributed by atoms with Gasteiger partial charge in [-0.3, -0.25) is 4.72 Å². The molecule has 0 saturated carbocycles. The van der Waals surface area contributed by atoms with E-state index < -0.39 is 10.0 Å². The Bertz CT molecular complexity index is 1590. The fourth-order valence-electron chi connectivity index (χ4n) is 5.22. The lowest BCUT2D eigenvalue weighted by Gasteiger charge is -2.27. The number of sulfonamides is 1. The highest BCUT2D eigenvalue weighted by Gasteiger charge is 2.28. The van der Waals surface area contributed by atoms with E-state index in [0.717, 1.165) is 54.7 Å². The Morgan fingerprint density at radius 1 is 1.00 bits per heavy atom. The van der Waals surface area contributed by atoms with Crippen LogP contribution in [0.15, 0.2) is 77.8 Å². The molecule has 0 amide bonds. The normalized spacial score (nSPS) is 14.5. The van der Waals surface area contributed by atoms with Gasteiger partial charge in [-0.25, -0.2) is 18.4 Å². The molecule has 1 aromatic heterocycles. The van der Waals surface area contributed by atoms with Gasteiger partial charge in [0, 0.05) is 29.9 Å². The minimum atomic E-state index is -3.83. The summed E-state index contributed by atoms with van der Waals surface area (Å²) < 4.78 is 28.8. The van der Waals surface area contributed by atoms with Crippen molar-refractivity contribution in [2.45, 2.75) is 37.0 Å². The Kier molecular flexibility index (Phi) is 8.40. The van der Waals surface area contributed by atoms with Gasteiger partial charge < -0.3 is 10.2 Å². The summed E-state index contributed by atoms with van der Waals surface area (Å²) in [5, 5.41) is 3.58. The molecule has 1 heterocycles. The molecule has 1 unspecified atom stereocenters. The smallest absolute Gasteiger partial charge is 0.263 e.